The van der Waals surface area contributed by atoms with Crippen LogP contribution in [0.25, 0.3) is 0 Å². The van der Waals surface area contributed by atoms with Crippen molar-refractivity contribution in [1.82, 2.24) is 0 Å². The van der Waals surface area contributed by atoms with Crippen molar-refractivity contribution in [3.05, 3.63) is 125 Å². The van der Waals surface area contributed by atoms with E-state index in [1.165, 1.54) is 30.3 Å². The number of benzene rings is 4. The zero-order valence-corrected chi connectivity index (χ0v) is 21.0. The fourth-order valence-corrected chi connectivity index (χ4v) is 4.71. The first-order valence-electron chi connectivity index (χ1n) is 11.2. The van der Waals surface area contributed by atoms with Gasteiger partial charge in [-0.2, -0.15) is 13.2 Å². The molecule has 0 aliphatic carbocycles. The molecule has 4 rings (SSSR count). The Bertz CT molecular complexity index is 1430. The van der Waals surface area contributed by atoms with E-state index in [-0.39, 0.29) is 10.6 Å². The maximum absolute atomic E-state index is 13.5. The summed E-state index contributed by atoms with van der Waals surface area (Å²) in [6.45, 7) is 0. The standard InChI is InChI=1S/C28H19ClF4N2O2S/c29-19-8-15-24(23(16-19)28(31,32)33)35-27(37)25(17-4-2-1-3-5-17)38-22-13-11-21(12-14-22)34-26(36)18-6-9-20(30)10-7-18/h1-16,25H,(H,34,36)(H,35,37). The molecule has 0 aliphatic rings. The lowest BCUT2D eigenvalue weighted by Crippen LogP contribution is -2.21. The third-order valence-electron chi connectivity index (χ3n) is 5.36. The van der Waals surface area contributed by atoms with Crippen LogP contribution in [-0.2, 0) is 11.0 Å². The number of rotatable bonds is 7. The lowest BCUT2D eigenvalue weighted by molar-refractivity contribution is -0.137. The van der Waals surface area contributed by atoms with Crippen molar-refractivity contribution in [1.29, 1.82) is 0 Å². The van der Waals surface area contributed by atoms with Crippen LogP contribution in [0, 0.1) is 5.82 Å². The van der Waals surface area contributed by atoms with E-state index in [1.54, 1.807) is 54.6 Å². The smallest absolute Gasteiger partial charge is 0.324 e. The van der Waals surface area contributed by atoms with Crippen LogP contribution in [0.15, 0.2) is 102 Å². The van der Waals surface area contributed by atoms with Crippen molar-refractivity contribution in [2.75, 3.05) is 10.6 Å². The molecule has 0 aliphatic heterocycles. The Labute approximate surface area is 225 Å². The highest BCUT2D eigenvalue weighted by molar-refractivity contribution is 8.00. The molecule has 2 N–H and O–H groups in total. The molecule has 1 unspecified atom stereocenters. The van der Waals surface area contributed by atoms with Gasteiger partial charge in [0.25, 0.3) is 5.91 Å². The van der Waals surface area contributed by atoms with E-state index in [4.69, 9.17) is 11.6 Å². The molecule has 1 atom stereocenters. The number of alkyl halides is 3. The number of hydrogen-bond acceptors (Lipinski definition) is 3. The number of hydrogen-bond donors (Lipinski definition) is 2. The number of anilines is 2. The SMILES string of the molecule is O=C(Nc1ccc(SC(C(=O)Nc2ccc(Cl)cc2C(F)(F)F)c2ccccc2)cc1)c1ccc(F)cc1. The number of amides is 2. The van der Waals surface area contributed by atoms with E-state index in [0.29, 0.717) is 16.1 Å². The van der Waals surface area contributed by atoms with Crippen LogP contribution >= 0.6 is 23.4 Å². The van der Waals surface area contributed by atoms with Gasteiger partial charge in [0.2, 0.25) is 5.91 Å². The van der Waals surface area contributed by atoms with Gasteiger partial charge < -0.3 is 10.6 Å². The molecule has 194 valence electrons. The van der Waals surface area contributed by atoms with Crippen LogP contribution in [0.3, 0.4) is 0 Å². The molecule has 0 saturated heterocycles. The molecule has 0 radical (unpaired) electrons. The minimum atomic E-state index is -4.71. The quantitative estimate of drug-likeness (QED) is 0.177. The zero-order chi connectivity index (χ0) is 27.3. The molecular weight excluding hydrogens is 540 g/mol. The van der Waals surface area contributed by atoms with Crippen molar-refractivity contribution in [2.24, 2.45) is 0 Å². The fraction of sp³-hybridized carbons (Fsp3) is 0.0714. The van der Waals surface area contributed by atoms with Crippen molar-refractivity contribution in [3.8, 4) is 0 Å². The van der Waals surface area contributed by atoms with Crippen molar-refractivity contribution < 1.29 is 27.2 Å². The van der Waals surface area contributed by atoms with E-state index in [2.05, 4.69) is 10.6 Å². The van der Waals surface area contributed by atoms with Gasteiger partial charge in [-0.15, -0.1) is 11.8 Å². The van der Waals surface area contributed by atoms with Gasteiger partial charge in [-0.1, -0.05) is 41.9 Å². The Morgan fingerprint density at radius 3 is 2.11 bits per heavy atom. The summed E-state index contributed by atoms with van der Waals surface area (Å²) in [4.78, 5) is 26.3. The van der Waals surface area contributed by atoms with Gasteiger partial charge in [0.1, 0.15) is 11.1 Å². The highest BCUT2D eigenvalue weighted by Gasteiger charge is 2.35. The highest BCUT2D eigenvalue weighted by atomic mass is 35.5. The largest absolute Gasteiger partial charge is 0.418 e. The topological polar surface area (TPSA) is 58.2 Å². The van der Waals surface area contributed by atoms with Crippen molar-refractivity contribution >= 4 is 46.6 Å². The molecule has 4 nitrogen and oxygen atoms in total. The molecule has 2 amide bonds. The molecule has 0 saturated carbocycles. The van der Waals surface area contributed by atoms with E-state index in [0.717, 1.165) is 23.9 Å². The summed E-state index contributed by atoms with van der Waals surface area (Å²) >= 11 is 6.89. The molecule has 0 aromatic heterocycles. The molecule has 0 fully saturated rings. The van der Waals surface area contributed by atoms with Gasteiger partial charge in [0, 0.05) is 21.2 Å². The first-order chi connectivity index (χ1) is 18.1. The van der Waals surface area contributed by atoms with Gasteiger partial charge in [-0.05, 0) is 72.3 Å². The maximum Gasteiger partial charge on any atom is 0.418 e. The molecule has 0 bridgehead atoms. The third kappa shape index (κ3) is 6.93. The summed E-state index contributed by atoms with van der Waals surface area (Å²) in [6.07, 6.45) is -4.71. The second kappa shape index (κ2) is 11.7. The second-order valence-electron chi connectivity index (χ2n) is 8.07. The van der Waals surface area contributed by atoms with Gasteiger partial charge in [0.05, 0.1) is 11.3 Å². The predicted octanol–water partition coefficient (Wildman–Crippen LogP) is 8.22. The van der Waals surface area contributed by atoms with Gasteiger partial charge >= 0.3 is 6.18 Å². The summed E-state index contributed by atoms with van der Waals surface area (Å²) in [5, 5.41) is 4.12. The number of carbonyl (C=O) groups excluding carboxylic acids is 2. The maximum atomic E-state index is 13.5. The van der Waals surface area contributed by atoms with Crippen molar-refractivity contribution in [3.63, 3.8) is 0 Å². The Morgan fingerprint density at radius 2 is 1.47 bits per heavy atom. The van der Waals surface area contributed by atoms with Crippen LogP contribution in [0.4, 0.5) is 28.9 Å². The summed E-state index contributed by atoms with van der Waals surface area (Å²) < 4.78 is 53.7. The molecule has 10 heteroatoms. The zero-order valence-electron chi connectivity index (χ0n) is 19.4. The second-order valence-corrected chi connectivity index (χ2v) is 9.69. The molecule has 38 heavy (non-hydrogen) atoms. The Kier molecular flexibility index (Phi) is 8.38. The van der Waals surface area contributed by atoms with Crippen LogP contribution < -0.4 is 10.6 Å². The Hall–Kier alpha value is -3.82. The number of thioether (sulfide) groups is 1. The van der Waals surface area contributed by atoms with Gasteiger partial charge in [0.15, 0.2) is 0 Å². The molecule has 4 aromatic rings. The molecular formula is C28H19ClF4N2O2S. The van der Waals surface area contributed by atoms with Crippen LogP contribution in [0.5, 0.6) is 0 Å². The Morgan fingerprint density at radius 1 is 0.816 bits per heavy atom. The predicted molar refractivity (Wildman–Crippen MR) is 141 cm³/mol. The summed E-state index contributed by atoms with van der Waals surface area (Å²) in [5.74, 6) is -1.52. The average molecular weight is 559 g/mol. The first-order valence-corrected chi connectivity index (χ1v) is 12.4. The van der Waals surface area contributed by atoms with E-state index in [9.17, 15) is 27.2 Å². The van der Waals surface area contributed by atoms with E-state index < -0.39 is 40.3 Å². The summed E-state index contributed by atoms with van der Waals surface area (Å²) in [5.41, 5.74) is -0.0960. The molecule has 0 spiro atoms. The number of halogens is 5. The lowest BCUT2D eigenvalue weighted by atomic mass is 10.1. The summed E-state index contributed by atoms with van der Waals surface area (Å²) in [6, 6.07) is 23.5. The normalized spacial score (nSPS) is 12.0. The van der Waals surface area contributed by atoms with Crippen LogP contribution in [0.2, 0.25) is 5.02 Å². The van der Waals surface area contributed by atoms with Crippen LogP contribution in [-0.4, -0.2) is 11.8 Å². The number of nitrogens with one attached hydrogen (secondary N) is 2. The van der Waals surface area contributed by atoms with Gasteiger partial charge in [-0.3, -0.25) is 9.59 Å². The van der Waals surface area contributed by atoms with Gasteiger partial charge in [-0.25, -0.2) is 4.39 Å². The van der Waals surface area contributed by atoms with Crippen LogP contribution in [0.1, 0.15) is 26.7 Å². The number of carbonyl (C=O) groups is 2. The van der Waals surface area contributed by atoms with E-state index in [1.807, 2.05) is 0 Å². The third-order valence-corrected chi connectivity index (χ3v) is 6.86. The minimum absolute atomic E-state index is 0.101. The monoisotopic (exact) mass is 558 g/mol. The van der Waals surface area contributed by atoms with Crippen molar-refractivity contribution in [2.45, 2.75) is 16.3 Å². The highest BCUT2D eigenvalue weighted by Crippen LogP contribution is 2.40. The molecule has 0 heterocycles. The Balaban J connectivity index is 1.53. The lowest BCUT2D eigenvalue weighted by Gasteiger charge is -2.19. The first kappa shape index (κ1) is 27.2. The minimum Gasteiger partial charge on any atom is -0.324 e. The fourth-order valence-electron chi connectivity index (χ4n) is 3.52. The molecule has 4 aromatic carbocycles. The van der Waals surface area contributed by atoms with E-state index >= 15 is 0 Å². The average Bonchev–Trinajstić information content (AvgIpc) is 2.89. The summed E-state index contributed by atoms with van der Waals surface area (Å²) in [7, 11) is 0.